The minimum Gasteiger partial charge on any atom is -0.335 e. The van der Waals surface area contributed by atoms with E-state index in [-0.39, 0.29) is 38.0 Å². The van der Waals surface area contributed by atoms with Crippen molar-refractivity contribution < 1.29 is 18.0 Å². The lowest BCUT2D eigenvalue weighted by Crippen LogP contribution is -2.67. The summed E-state index contributed by atoms with van der Waals surface area (Å²) in [5.74, 6) is -0.309. The monoisotopic (exact) mass is 345 g/mol. The maximum atomic E-state index is 12.8. The van der Waals surface area contributed by atoms with Crippen molar-refractivity contribution in [1.29, 1.82) is 0 Å². The molecule has 0 aliphatic carbocycles. The van der Waals surface area contributed by atoms with Crippen LogP contribution in [0.5, 0.6) is 0 Å². The summed E-state index contributed by atoms with van der Waals surface area (Å²) in [5.41, 5.74) is 0. The summed E-state index contributed by atoms with van der Waals surface area (Å²) in [4.78, 5) is 29.3. The number of carbonyl (C=O) groups is 2. The van der Waals surface area contributed by atoms with Crippen molar-refractivity contribution in [3.8, 4) is 0 Å². The van der Waals surface area contributed by atoms with Crippen LogP contribution in [0.3, 0.4) is 0 Å². The summed E-state index contributed by atoms with van der Waals surface area (Å²) in [6.07, 6.45) is 0. The topological polar surface area (TPSA) is 84.5 Å². The number of piperazine rings is 3. The molecule has 23 heavy (non-hydrogen) atoms. The molecule has 2 amide bonds. The van der Waals surface area contributed by atoms with Gasteiger partial charge in [-0.15, -0.1) is 0 Å². The summed E-state index contributed by atoms with van der Waals surface area (Å²) >= 11 is 0. The number of rotatable bonds is 2. The van der Waals surface area contributed by atoms with Crippen LogP contribution in [0.25, 0.3) is 0 Å². The molecular formula is C13H23N5O4S. The van der Waals surface area contributed by atoms with Crippen LogP contribution < -0.4 is 0 Å². The molecule has 1 atom stereocenters. The first kappa shape index (κ1) is 16.6. The minimum absolute atomic E-state index is 0.0452. The number of amides is 2. The Morgan fingerprint density at radius 1 is 0.913 bits per heavy atom. The van der Waals surface area contributed by atoms with Crippen LogP contribution in [-0.4, -0.2) is 116 Å². The molecule has 3 aliphatic rings. The number of fused-ring (bicyclic) bond motifs is 1. The van der Waals surface area contributed by atoms with E-state index in [1.807, 2.05) is 7.05 Å². The van der Waals surface area contributed by atoms with Crippen molar-refractivity contribution in [2.24, 2.45) is 0 Å². The molecular weight excluding hydrogens is 322 g/mol. The molecule has 0 bridgehead atoms. The first-order valence-corrected chi connectivity index (χ1v) is 9.18. The van der Waals surface area contributed by atoms with E-state index >= 15 is 0 Å². The molecule has 3 saturated heterocycles. The zero-order valence-electron chi connectivity index (χ0n) is 13.5. The van der Waals surface area contributed by atoms with E-state index in [9.17, 15) is 18.0 Å². The van der Waals surface area contributed by atoms with Crippen LogP contribution >= 0.6 is 0 Å². The first-order chi connectivity index (χ1) is 10.8. The first-order valence-electron chi connectivity index (χ1n) is 7.79. The van der Waals surface area contributed by atoms with E-state index in [1.165, 1.54) is 18.4 Å². The maximum absolute atomic E-state index is 12.8. The third-order valence-corrected chi connectivity index (χ3v) is 6.81. The fourth-order valence-corrected chi connectivity index (χ4v) is 4.88. The summed E-state index contributed by atoms with van der Waals surface area (Å²) in [7, 11) is -0.0481. The predicted molar refractivity (Wildman–Crippen MR) is 82.7 cm³/mol. The van der Waals surface area contributed by atoms with Gasteiger partial charge in [-0.25, -0.2) is 0 Å². The summed E-state index contributed by atoms with van der Waals surface area (Å²) < 4.78 is 28.4. The van der Waals surface area contributed by atoms with Gasteiger partial charge in [0.2, 0.25) is 11.8 Å². The highest BCUT2D eigenvalue weighted by Crippen LogP contribution is 2.21. The minimum atomic E-state index is -3.59. The van der Waals surface area contributed by atoms with Gasteiger partial charge in [0.1, 0.15) is 6.04 Å². The van der Waals surface area contributed by atoms with Crippen LogP contribution in [0.15, 0.2) is 0 Å². The highest BCUT2D eigenvalue weighted by molar-refractivity contribution is 7.86. The number of hydrogen-bond acceptors (Lipinski definition) is 5. The SMILES string of the molecule is CN1CCN(S(=O)(=O)N2CCN3C(=O)CN(C)C(=O)C3C2)CC1. The average molecular weight is 345 g/mol. The average Bonchev–Trinajstić information content (AvgIpc) is 2.52. The standard InChI is InChI=1S/C13H23N5O4S/c1-14-3-5-16(6-4-14)23(21,22)17-7-8-18-11(9-17)13(20)15(2)10-12(18)19/h11H,3-10H2,1-2H3. The summed E-state index contributed by atoms with van der Waals surface area (Å²) in [5, 5.41) is 0. The molecule has 0 spiro atoms. The largest absolute Gasteiger partial charge is 0.335 e. The van der Waals surface area contributed by atoms with Crippen LogP contribution in [-0.2, 0) is 19.8 Å². The molecule has 0 aromatic heterocycles. The second kappa shape index (κ2) is 6.00. The molecule has 130 valence electrons. The van der Waals surface area contributed by atoms with Crippen molar-refractivity contribution in [2.45, 2.75) is 6.04 Å². The van der Waals surface area contributed by atoms with E-state index in [0.717, 1.165) is 0 Å². The van der Waals surface area contributed by atoms with Crippen LogP contribution in [0.2, 0.25) is 0 Å². The Kier molecular flexibility index (Phi) is 4.34. The lowest BCUT2D eigenvalue weighted by molar-refractivity contribution is -0.156. The Labute approximate surface area is 136 Å². The van der Waals surface area contributed by atoms with Gasteiger partial charge in [0.05, 0.1) is 6.54 Å². The third-order valence-electron chi connectivity index (χ3n) is 4.81. The molecule has 0 radical (unpaired) electrons. The zero-order chi connectivity index (χ0) is 16.8. The second-order valence-electron chi connectivity index (χ2n) is 6.37. The highest BCUT2D eigenvalue weighted by Gasteiger charge is 2.45. The van der Waals surface area contributed by atoms with Crippen molar-refractivity contribution in [1.82, 2.24) is 23.3 Å². The number of hydrogen-bond donors (Lipinski definition) is 0. The van der Waals surface area contributed by atoms with Gasteiger partial charge in [0, 0.05) is 52.9 Å². The number of carbonyl (C=O) groups excluding carboxylic acids is 2. The fraction of sp³-hybridized carbons (Fsp3) is 0.846. The molecule has 9 nitrogen and oxygen atoms in total. The summed E-state index contributed by atoms with van der Waals surface area (Å²) in [6, 6.07) is -0.697. The fourth-order valence-electron chi connectivity index (χ4n) is 3.29. The van der Waals surface area contributed by atoms with E-state index in [1.54, 1.807) is 7.05 Å². The molecule has 3 rings (SSSR count). The molecule has 0 aromatic rings. The molecule has 3 aliphatic heterocycles. The van der Waals surface area contributed by atoms with Gasteiger partial charge in [0.15, 0.2) is 0 Å². The van der Waals surface area contributed by atoms with Gasteiger partial charge in [-0.3, -0.25) is 9.59 Å². The quantitative estimate of drug-likeness (QED) is 0.551. The Balaban J connectivity index is 1.75. The Bertz CT molecular complexity index is 601. The lowest BCUT2D eigenvalue weighted by atomic mass is 10.1. The van der Waals surface area contributed by atoms with Crippen molar-refractivity contribution in [2.75, 3.05) is 66.5 Å². The normalized spacial score (nSPS) is 29.0. The molecule has 1 unspecified atom stereocenters. The van der Waals surface area contributed by atoms with Crippen LogP contribution in [0.4, 0.5) is 0 Å². The Hall–Kier alpha value is -1.23. The molecule has 10 heteroatoms. The van der Waals surface area contributed by atoms with Gasteiger partial charge in [-0.2, -0.15) is 17.0 Å². The van der Waals surface area contributed by atoms with Gasteiger partial charge >= 0.3 is 0 Å². The predicted octanol–water partition coefficient (Wildman–Crippen LogP) is -2.54. The maximum Gasteiger partial charge on any atom is 0.282 e. The number of likely N-dealkylation sites (N-methyl/N-ethyl adjacent to an activating group) is 2. The van der Waals surface area contributed by atoms with E-state index in [4.69, 9.17) is 0 Å². The van der Waals surface area contributed by atoms with Gasteiger partial charge in [-0.05, 0) is 7.05 Å². The van der Waals surface area contributed by atoms with Crippen molar-refractivity contribution in [3.05, 3.63) is 0 Å². The van der Waals surface area contributed by atoms with Crippen LogP contribution in [0.1, 0.15) is 0 Å². The smallest absolute Gasteiger partial charge is 0.282 e. The van der Waals surface area contributed by atoms with Crippen LogP contribution in [0, 0.1) is 0 Å². The zero-order valence-corrected chi connectivity index (χ0v) is 14.3. The molecule has 3 heterocycles. The number of nitrogens with zero attached hydrogens (tertiary/aromatic N) is 5. The summed E-state index contributed by atoms with van der Waals surface area (Å²) in [6.45, 7) is 2.94. The van der Waals surface area contributed by atoms with Gasteiger partial charge in [-0.1, -0.05) is 0 Å². The third kappa shape index (κ3) is 2.95. The molecule has 0 saturated carbocycles. The van der Waals surface area contributed by atoms with E-state index in [2.05, 4.69) is 4.90 Å². The molecule has 0 N–H and O–H groups in total. The molecule has 3 fully saturated rings. The Morgan fingerprint density at radius 2 is 1.52 bits per heavy atom. The Morgan fingerprint density at radius 3 is 2.17 bits per heavy atom. The van der Waals surface area contributed by atoms with E-state index < -0.39 is 16.3 Å². The van der Waals surface area contributed by atoms with Crippen molar-refractivity contribution in [3.63, 3.8) is 0 Å². The van der Waals surface area contributed by atoms with Gasteiger partial charge < -0.3 is 14.7 Å². The second-order valence-corrected chi connectivity index (χ2v) is 8.29. The van der Waals surface area contributed by atoms with Crippen molar-refractivity contribution >= 4 is 22.0 Å². The van der Waals surface area contributed by atoms with E-state index in [0.29, 0.717) is 26.2 Å². The lowest BCUT2D eigenvalue weighted by Gasteiger charge is -2.45. The highest BCUT2D eigenvalue weighted by atomic mass is 32.2. The molecule has 0 aromatic carbocycles. The van der Waals surface area contributed by atoms with Gasteiger partial charge in [0.25, 0.3) is 10.2 Å².